The smallest absolute Gasteiger partial charge is 0.164 e. The van der Waals surface area contributed by atoms with Crippen molar-refractivity contribution in [2.75, 3.05) is 0 Å². The first kappa shape index (κ1) is 40.9. The third kappa shape index (κ3) is 4.84. The van der Waals surface area contributed by atoms with Crippen molar-refractivity contribution in [2.45, 2.75) is 10.8 Å². The number of rotatable bonds is 5. The van der Waals surface area contributed by atoms with E-state index in [2.05, 4.69) is 211 Å². The highest BCUT2D eigenvalue weighted by Gasteiger charge is 2.70. The summed E-state index contributed by atoms with van der Waals surface area (Å²) in [5.74, 6) is 1.97. The SMILES string of the molecule is c1ccc(-c2nc(-c3ccccc3)nc(-c3ccc4c5c(cccc35)C35c6cccc7c(-c8cccc9c8sc8ccccc89)ccc(c67)C43c3ccc(-n4c6ccccc6c6ccccc64)c4cccc5c34)n2)cc1. The maximum atomic E-state index is 5.33. The van der Waals surface area contributed by atoms with Crippen molar-refractivity contribution in [3.05, 3.63) is 276 Å². The van der Waals surface area contributed by atoms with Crippen LogP contribution in [-0.2, 0) is 10.8 Å². The minimum Gasteiger partial charge on any atom is -0.309 e. The van der Waals surface area contributed by atoms with Gasteiger partial charge in [-0.1, -0.05) is 218 Å². The number of hydrogen-bond donors (Lipinski definition) is 0. The summed E-state index contributed by atoms with van der Waals surface area (Å²) in [6.45, 7) is 0. The van der Waals surface area contributed by atoms with E-state index in [1.165, 1.54) is 119 Å². The van der Waals surface area contributed by atoms with Crippen molar-refractivity contribution < 1.29 is 0 Å². The van der Waals surface area contributed by atoms with Crippen molar-refractivity contribution >= 4 is 85.6 Å². The maximum Gasteiger partial charge on any atom is 0.164 e. The standard InChI is InChI=1S/C71H40N4S/c1-3-17-41(18-4-1)67-72-68(42-19-5-2-6-20-42)74-69(73-67)51-36-38-57-64-48(51)25-15-30-54(64)70-53-29-14-24-47-43(49-26-13-27-50-46-23-9-12-34-62(46)76-66(49)50)35-37-56(63(47)53)71(57,70)58-39-40-61(52-28-16-31-55(70)65(52)58)75-59-32-10-7-21-44(59)45-22-8-11-33-60(45)75/h1-40H. The molecule has 2 atom stereocenters. The van der Waals surface area contributed by atoms with Crippen LogP contribution in [0.5, 0.6) is 0 Å². The van der Waals surface area contributed by atoms with Crippen molar-refractivity contribution in [1.29, 1.82) is 0 Å². The van der Waals surface area contributed by atoms with Gasteiger partial charge in [0.15, 0.2) is 17.5 Å². The molecule has 0 fully saturated rings. The van der Waals surface area contributed by atoms with Crippen LogP contribution in [0.25, 0.3) is 125 Å². The van der Waals surface area contributed by atoms with Crippen molar-refractivity contribution in [2.24, 2.45) is 0 Å². The van der Waals surface area contributed by atoms with E-state index in [1.54, 1.807) is 0 Å². The van der Waals surface area contributed by atoms with Gasteiger partial charge >= 0.3 is 0 Å². The van der Waals surface area contributed by atoms with Crippen LogP contribution in [0.15, 0.2) is 243 Å². The number of benzene rings is 12. The molecule has 18 rings (SSSR count). The van der Waals surface area contributed by atoms with Crippen LogP contribution in [0.3, 0.4) is 0 Å². The molecule has 3 aromatic heterocycles. The molecule has 12 aromatic carbocycles. The van der Waals surface area contributed by atoms with Gasteiger partial charge in [-0.05, 0) is 90.1 Å². The molecule has 15 aromatic rings. The zero-order valence-corrected chi connectivity index (χ0v) is 41.6. The van der Waals surface area contributed by atoms with Crippen LogP contribution in [0, 0.1) is 0 Å². The Morgan fingerprint density at radius 2 is 0.724 bits per heavy atom. The molecule has 5 heteroatoms. The fraction of sp³-hybridized carbons (Fsp3) is 0.0282. The molecule has 0 N–H and O–H groups in total. The maximum absolute atomic E-state index is 5.33. The van der Waals surface area contributed by atoms with Gasteiger partial charge in [-0.25, -0.2) is 15.0 Å². The van der Waals surface area contributed by atoms with E-state index in [9.17, 15) is 0 Å². The second-order valence-electron chi connectivity index (χ2n) is 20.8. The molecular weight excluding hydrogens is 941 g/mol. The monoisotopic (exact) mass is 980 g/mol. The molecule has 2 unspecified atom stereocenters. The highest BCUT2D eigenvalue weighted by Crippen LogP contribution is 2.76. The van der Waals surface area contributed by atoms with E-state index in [0.29, 0.717) is 17.5 Å². The average Bonchev–Trinajstić information content (AvgIpc) is 4.25. The van der Waals surface area contributed by atoms with E-state index in [4.69, 9.17) is 15.0 Å². The number of nitrogens with zero attached hydrogens (tertiary/aromatic N) is 4. The van der Waals surface area contributed by atoms with Gasteiger partial charge in [0.05, 0.1) is 27.6 Å². The second-order valence-corrected chi connectivity index (χ2v) is 21.9. The topological polar surface area (TPSA) is 43.6 Å². The van der Waals surface area contributed by atoms with Crippen molar-refractivity contribution in [1.82, 2.24) is 19.5 Å². The van der Waals surface area contributed by atoms with Crippen LogP contribution < -0.4 is 0 Å². The second kappa shape index (κ2) is 14.6. The highest BCUT2D eigenvalue weighted by atomic mass is 32.1. The molecular formula is C71H40N4S. The summed E-state index contributed by atoms with van der Waals surface area (Å²) in [5.41, 5.74) is 15.9. The van der Waals surface area contributed by atoms with Gasteiger partial charge in [-0.2, -0.15) is 0 Å². The Morgan fingerprint density at radius 1 is 0.289 bits per heavy atom. The van der Waals surface area contributed by atoms with Crippen LogP contribution in [0.1, 0.15) is 33.4 Å². The lowest BCUT2D eigenvalue weighted by Crippen LogP contribution is -2.42. The Bertz CT molecular complexity index is 4920. The number of para-hydroxylation sites is 2. The summed E-state index contributed by atoms with van der Waals surface area (Å²) >= 11 is 1.90. The molecule has 3 aliphatic rings. The molecule has 0 saturated carbocycles. The summed E-state index contributed by atoms with van der Waals surface area (Å²) in [5, 5.41) is 12.8. The quantitative estimate of drug-likeness (QED) is 0.173. The summed E-state index contributed by atoms with van der Waals surface area (Å²) < 4.78 is 5.15. The Balaban J connectivity index is 0.952. The molecule has 3 heterocycles. The average molecular weight is 981 g/mol. The van der Waals surface area contributed by atoms with Gasteiger partial charge in [0, 0.05) is 58.6 Å². The number of fused-ring (bicyclic) bond motifs is 6. The zero-order chi connectivity index (χ0) is 49.4. The number of hydrogen-bond acceptors (Lipinski definition) is 4. The molecule has 76 heavy (non-hydrogen) atoms. The van der Waals surface area contributed by atoms with E-state index in [1.807, 2.05) is 47.7 Å². The van der Waals surface area contributed by atoms with Crippen LogP contribution in [-0.4, -0.2) is 19.5 Å². The Morgan fingerprint density at radius 3 is 1.34 bits per heavy atom. The first-order valence-corrected chi connectivity index (χ1v) is 27.0. The summed E-state index contributed by atoms with van der Waals surface area (Å²) in [6, 6.07) is 90.1. The summed E-state index contributed by atoms with van der Waals surface area (Å²) in [7, 11) is 0. The lowest BCUT2D eigenvalue weighted by Gasteiger charge is -2.40. The first-order chi connectivity index (χ1) is 37.7. The van der Waals surface area contributed by atoms with Gasteiger partial charge in [0.2, 0.25) is 0 Å². The van der Waals surface area contributed by atoms with Crippen molar-refractivity contribution in [3.8, 4) is 51.0 Å². The predicted octanol–water partition coefficient (Wildman–Crippen LogP) is 17.8. The minimum absolute atomic E-state index is 0.609. The third-order valence-corrected chi connectivity index (χ3v) is 18.8. The van der Waals surface area contributed by atoms with Crippen molar-refractivity contribution in [3.63, 3.8) is 0 Å². The highest BCUT2D eigenvalue weighted by molar-refractivity contribution is 7.26. The van der Waals surface area contributed by atoms with Gasteiger partial charge in [0.1, 0.15) is 0 Å². The minimum atomic E-state index is -0.609. The molecule has 0 aliphatic heterocycles. The molecule has 0 bridgehead atoms. The third-order valence-electron chi connectivity index (χ3n) is 17.5. The van der Waals surface area contributed by atoms with Gasteiger partial charge < -0.3 is 4.57 Å². The van der Waals surface area contributed by atoms with E-state index < -0.39 is 10.8 Å². The summed E-state index contributed by atoms with van der Waals surface area (Å²) in [4.78, 5) is 15.8. The first-order valence-electron chi connectivity index (χ1n) is 26.2. The summed E-state index contributed by atoms with van der Waals surface area (Å²) in [6.07, 6.45) is 0. The zero-order valence-electron chi connectivity index (χ0n) is 40.8. The van der Waals surface area contributed by atoms with E-state index in [-0.39, 0.29) is 0 Å². The normalized spacial score (nSPS) is 16.8. The Kier molecular flexibility index (Phi) is 7.85. The molecule has 3 aliphatic carbocycles. The number of thiophene rings is 1. The largest absolute Gasteiger partial charge is 0.309 e. The lowest BCUT2D eigenvalue weighted by atomic mass is 9.59. The molecule has 4 nitrogen and oxygen atoms in total. The molecule has 0 spiro atoms. The fourth-order valence-corrected chi connectivity index (χ4v) is 16.1. The number of aromatic nitrogens is 4. The molecule has 0 amide bonds. The molecule has 0 radical (unpaired) electrons. The van der Waals surface area contributed by atoms with E-state index >= 15 is 0 Å². The Labute approximate surface area is 440 Å². The van der Waals surface area contributed by atoms with Crippen LogP contribution >= 0.6 is 11.3 Å². The Hall–Kier alpha value is -9.55. The van der Waals surface area contributed by atoms with Crippen LogP contribution in [0.2, 0.25) is 0 Å². The molecule has 350 valence electrons. The van der Waals surface area contributed by atoms with Gasteiger partial charge in [-0.3, -0.25) is 0 Å². The lowest BCUT2D eigenvalue weighted by molar-refractivity contribution is 0.492. The fourth-order valence-electron chi connectivity index (χ4n) is 14.9. The van der Waals surface area contributed by atoms with E-state index in [0.717, 1.165) is 22.1 Å². The van der Waals surface area contributed by atoms with Crippen LogP contribution in [0.4, 0.5) is 0 Å². The van der Waals surface area contributed by atoms with Gasteiger partial charge in [-0.15, -0.1) is 11.3 Å². The van der Waals surface area contributed by atoms with Gasteiger partial charge in [0.25, 0.3) is 0 Å². The predicted molar refractivity (Wildman–Crippen MR) is 314 cm³/mol. The molecule has 0 saturated heterocycles.